The summed E-state index contributed by atoms with van der Waals surface area (Å²) < 4.78 is 5.20. The van der Waals surface area contributed by atoms with E-state index in [0.717, 1.165) is 4.88 Å². The second kappa shape index (κ2) is 3.99. The van der Waals surface area contributed by atoms with Gasteiger partial charge in [-0.25, -0.2) is 0 Å². The molecular weight excluding hydrogens is 222 g/mol. The van der Waals surface area contributed by atoms with E-state index >= 15 is 0 Å². The molecule has 86 valence electrons. The third-order valence-corrected chi connectivity index (χ3v) is 3.25. The molecule has 0 aromatic carbocycles. The maximum Gasteiger partial charge on any atom is 0.244 e. The molecule has 0 bridgehead atoms. The average molecular weight is 237 g/mol. The average Bonchev–Trinajstić information content (AvgIpc) is 2.85. The maximum absolute atomic E-state index is 6.05. The molecule has 2 heterocycles. The van der Waals surface area contributed by atoms with Gasteiger partial charge in [-0.05, 0) is 16.9 Å². The molecule has 16 heavy (non-hydrogen) atoms. The number of nitrogens with zero attached hydrogens (tertiary/aromatic N) is 2. The van der Waals surface area contributed by atoms with Crippen molar-refractivity contribution in [2.45, 2.75) is 26.8 Å². The molecule has 0 aliphatic carbocycles. The summed E-state index contributed by atoms with van der Waals surface area (Å²) in [6, 6.07) is 3.68. The molecule has 0 fully saturated rings. The van der Waals surface area contributed by atoms with Crippen LogP contribution >= 0.6 is 11.3 Å². The third kappa shape index (κ3) is 2.15. The Morgan fingerprint density at radius 1 is 1.44 bits per heavy atom. The lowest BCUT2D eigenvalue weighted by atomic mass is 9.87. The highest BCUT2D eigenvalue weighted by molar-refractivity contribution is 7.13. The SMILES string of the molecule is CC(C)(C)C(N)c1nc(-c2cccs2)no1. The summed E-state index contributed by atoms with van der Waals surface area (Å²) in [6.07, 6.45) is 0. The van der Waals surface area contributed by atoms with Crippen LogP contribution in [-0.4, -0.2) is 10.1 Å². The molecule has 0 spiro atoms. The summed E-state index contributed by atoms with van der Waals surface area (Å²) in [5.74, 6) is 1.11. The number of hydrogen-bond donors (Lipinski definition) is 1. The summed E-state index contributed by atoms with van der Waals surface area (Å²) in [5, 5.41) is 5.92. The summed E-state index contributed by atoms with van der Waals surface area (Å²) in [7, 11) is 0. The molecule has 0 amide bonds. The predicted molar refractivity (Wildman–Crippen MR) is 64.0 cm³/mol. The fraction of sp³-hybridized carbons (Fsp3) is 0.455. The molecule has 0 saturated heterocycles. The van der Waals surface area contributed by atoms with Crippen LogP contribution in [-0.2, 0) is 0 Å². The molecule has 2 rings (SSSR count). The second-order valence-corrected chi connectivity index (χ2v) is 5.72. The zero-order chi connectivity index (χ0) is 11.8. The Morgan fingerprint density at radius 2 is 2.19 bits per heavy atom. The van der Waals surface area contributed by atoms with E-state index in [0.29, 0.717) is 11.7 Å². The van der Waals surface area contributed by atoms with Gasteiger partial charge >= 0.3 is 0 Å². The molecule has 4 nitrogen and oxygen atoms in total. The molecule has 0 aliphatic heterocycles. The topological polar surface area (TPSA) is 64.9 Å². The van der Waals surface area contributed by atoms with Crippen molar-refractivity contribution in [1.82, 2.24) is 10.1 Å². The Morgan fingerprint density at radius 3 is 2.75 bits per heavy atom. The molecule has 0 saturated carbocycles. The van der Waals surface area contributed by atoms with Crippen LogP contribution in [0.4, 0.5) is 0 Å². The summed E-state index contributed by atoms with van der Waals surface area (Å²) in [4.78, 5) is 5.32. The molecule has 2 aromatic heterocycles. The quantitative estimate of drug-likeness (QED) is 0.872. The zero-order valence-electron chi connectivity index (χ0n) is 9.60. The molecule has 2 aromatic rings. The van der Waals surface area contributed by atoms with E-state index < -0.39 is 0 Å². The van der Waals surface area contributed by atoms with Gasteiger partial charge in [0.15, 0.2) is 0 Å². The molecule has 1 unspecified atom stereocenters. The van der Waals surface area contributed by atoms with E-state index in [2.05, 4.69) is 10.1 Å². The van der Waals surface area contributed by atoms with Crippen LogP contribution in [0.3, 0.4) is 0 Å². The van der Waals surface area contributed by atoms with Gasteiger partial charge in [0.1, 0.15) is 0 Å². The summed E-state index contributed by atoms with van der Waals surface area (Å²) in [6.45, 7) is 6.14. The highest BCUT2D eigenvalue weighted by Crippen LogP contribution is 2.31. The first-order valence-corrected chi connectivity index (χ1v) is 5.99. The van der Waals surface area contributed by atoms with E-state index in [1.54, 1.807) is 11.3 Å². The van der Waals surface area contributed by atoms with E-state index in [1.165, 1.54) is 0 Å². The van der Waals surface area contributed by atoms with Crippen molar-refractivity contribution in [3.63, 3.8) is 0 Å². The third-order valence-electron chi connectivity index (χ3n) is 2.38. The molecule has 5 heteroatoms. The highest BCUT2D eigenvalue weighted by Gasteiger charge is 2.27. The van der Waals surface area contributed by atoms with Gasteiger partial charge in [-0.3, -0.25) is 0 Å². The van der Waals surface area contributed by atoms with Crippen molar-refractivity contribution >= 4 is 11.3 Å². The smallest absolute Gasteiger partial charge is 0.244 e. The van der Waals surface area contributed by atoms with Crippen LogP contribution in [0.1, 0.15) is 32.7 Å². The number of aromatic nitrogens is 2. The molecule has 2 N–H and O–H groups in total. The largest absolute Gasteiger partial charge is 0.337 e. The van der Waals surface area contributed by atoms with Crippen LogP contribution in [0.5, 0.6) is 0 Å². The predicted octanol–water partition coefficient (Wildman–Crippen LogP) is 2.84. The van der Waals surface area contributed by atoms with Gasteiger partial charge in [-0.1, -0.05) is 32.0 Å². The highest BCUT2D eigenvalue weighted by atomic mass is 32.1. The normalized spacial score (nSPS) is 14.0. The molecular formula is C11H15N3OS. The Kier molecular flexibility index (Phi) is 2.82. The van der Waals surface area contributed by atoms with Crippen LogP contribution in [0.25, 0.3) is 10.7 Å². The lowest BCUT2D eigenvalue weighted by molar-refractivity contribution is 0.253. The first kappa shape index (κ1) is 11.3. The summed E-state index contributed by atoms with van der Waals surface area (Å²) >= 11 is 1.58. The minimum Gasteiger partial charge on any atom is -0.337 e. The van der Waals surface area contributed by atoms with E-state index in [9.17, 15) is 0 Å². The van der Waals surface area contributed by atoms with Crippen LogP contribution < -0.4 is 5.73 Å². The fourth-order valence-corrected chi connectivity index (χ4v) is 1.89. The van der Waals surface area contributed by atoms with Gasteiger partial charge in [-0.15, -0.1) is 11.3 Å². The Hall–Kier alpha value is -1.20. The lowest BCUT2D eigenvalue weighted by Gasteiger charge is -2.23. The molecule has 0 radical (unpaired) electrons. The van der Waals surface area contributed by atoms with E-state index in [-0.39, 0.29) is 11.5 Å². The van der Waals surface area contributed by atoms with Crippen molar-refractivity contribution < 1.29 is 4.52 Å². The molecule has 0 aliphatic rings. The monoisotopic (exact) mass is 237 g/mol. The van der Waals surface area contributed by atoms with Gasteiger partial charge in [-0.2, -0.15) is 4.98 Å². The Labute approximate surface area is 98.5 Å². The maximum atomic E-state index is 6.05. The number of rotatable bonds is 2. The van der Waals surface area contributed by atoms with Gasteiger partial charge < -0.3 is 10.3 Å². The summed E-state index contributed by atoms with van der Waals surface area (Å²) in [5.41, 5.74) is 5.96. The van der Waals surface area contributed by atoms with Gasteiger partial charge in [0, 0.05) is 0 Å². The van der Waals surface area contributed by atoms with Crippen molar-refractivity contribution in [3.05, 3.63) is 23.4 Å². The standard InChI is InChI=1S/C11H15N3OS/c1-11(2,3)8(12)10-13-9(14-15-10)7-5-4-6-16-7/h4-6,8H,12H2,1-3H3. The van der Waals surface area contributed by atoms with E-state index in [1.807, 2.05) is 38.3 Å². The van der Waals surface area contributed by atoms with Crippen molar-refractivity contribution in [2.75, 3.05) is 0 Å². The van der Waals surface area contributed by atoms with Crippen molar-refractivity contribution in [1.29, 1.82) is 0 Å². The van der Waals surface area contributed by atoms with E-state index in [4.69, 9.17) is 10.3 Å². The lowest BCUT2D eigenvalue weighted by Crippen LogP contribution is -2.26. The fourth-order valence-electron chi connectivity index (χ4n) is 1.24. The number of thiophene rings is 1. The first-order valence-electron chi connectivity index (χ1n) is 5.11. The van der Waals surface area contributed by atoms with Gasteiger partial charge in [0.05, 0.1) is 10.9 Å². The van der Waals surface area contributed by atoms with Gasteiger partial charge in [0.2, 0.25) is 11.7 Å². The number of nitrogens with two attached hydrogens (primary N) is 1. The van der Waals surface area contributed by atoms with Crippen LogP contribution in [0.15, 0.2) is 22.0 Å². The number of hydrogen-bond acceptors (Lipinski definition) is 5. The van der Waals surface area contributed by atoms with Crippen molar-refractivity contribution in [2.24, 2.45) is 11.1 Å². The van der Waals surface area contributed by atoms with Crippen LogP contribution in [0, 0.1) is 5.41 Å². The van der Waals surface area contributed by atoms with Crippen molar-refractivity contribution in [3.8, 4) is 10.7 Å². The minimum absolute atomic E-state index is 0.0841. The first-order chi connectivity index (χ1) is 7.48. The minimum atomic E-state index is -0.242. The zero-order valence-corrected chi connectivity index (χ0v) is 10.4. The Bertz CT molecular complexity index is 456. The Balaban J connectivity index is 2.27. The molecule has 1 atom stereocenters. The second-order valence-electron chi connectivity index (χ2n) is 4.78. The van der Waals surface area contributed by atoms with Crippen LogP contribution in [0.2, 0.25) is 0 Å². The van der Waals surface area contributed by atoms with Gasteiger partial charge in [0.25, 0.3) is 0 Å².